The lowest BCUT2D eigenvalue weighted by atomic mass is 10.1. The van der Waals surface area contributed by atoms with Crippen LogP contribution >= 0.6 is 38.9 Å². The summed E-state index contributed by atoms with van der Waals surface area (Å²) in [6, 6.07) is 20.6. The van der Waals surface area contributed by atoms with Gasteiger partial charge in [-0.25, -0.2) is 4.98 Å². The SMILES string of the molecule is N#CC(=Cc1ccc(-c2ccc(Cl)cc2)o1)C(=O)Nc1ncc(Cc2ccc(Br)cc2)s1. The fourth-order valence-corrected chi connectivity index (χ4v) is 4.14. The third-order valence-corrected chi connectivity index (χ3v) is 6.17. The van der Waals surface area contributed by atoms with Crippen LogP contribution in [0.2, 0.25) is 5.02 Å². The van der Waals surface area contributed by atoms with Crippen LogP contribution in [-0.4, -0.2) is 10.9 Å². The molecule has 0 bridgehead atoms. The van der Waals surface area contributed by atoms with E-state index in [9.17, 15) is 10.1 Å². The molecule has 0 aliphatic heterocycles. The third kappa shape index (κ3) is 5.54. The number of nitrogens with zero attached hydrogens (tertiary/aromatic N) is 2. The van der Waals surface area contributed by atoms with E-state index in [0.29, 0.717) is 28.1 Å². The molecule has 32 heavy (non-hydrogen) atoms. The molecule has 2 aromatic carbocycles. The standard InChI is InChI=1S/C24H15BrClN3O2S/c25-18-5-1-15(2-6-18)11-21-14-28-24(32-21)29-23(30)17(13-27)12-20-9-10-22(31-20)16-3-7-19(26)8-4-16/h1-10,12,14H,11H2,(H,28,29,30). The van der Waals surface area contributed by atoms with Gasteiger partial charge in [-0.15, -0.1) is 11.3 Å². The smallest absolute Gasteiger partial charge is 0.268 e. The molecule has 0 spiro atoms. The van der Waals surface area contributed by atoms with E-state index in [1.54, 1.807) is 30.5 Å². The maximum absolute atomic E-state index is 12.6. The minimum Gasteiger partial charge on any atom is -0.457 e. The zero-order valence-electron chi connectivity index (χ0n) is 16.5. The first-order valence-electron chi connectivity index (χ1n) is 9.48. The number of benzene rings is 2. The Labute approximate surface area is 202 Å². The van der Waals surface area contributed by atoms with Crippen molar-refractivity contribution in [3.63, 3.8) is 0 Å². The van der Waals surface area contributed by atoms with Gasteiger partial charge in [0.05, 0.1) is 0 Å². The number of aromatic nitrogens is 1. The van der Waals surface area contributed by atoms with Crippen molar-refractivity contribution in [2.45, 2.75) is 6.42 Å². The summed E-state index contributed by atoms with van der Waals surface area (Å²) in [7, 11) is 0. The van der Waals surface area contributed by atoms with Crippen LogP contribution in [0.15, 0.2) is 81.3 Å². The van der Waals surface area contributed by atoms with Crippen LogP contribution in [0.25, 0.3) is 17.4 Å². The molecule has 0 atom stereocenters. The summed E-state index contributed by atoms with van der Waals surface area (Å²) in [4.78, 5) is 17.8. The normalized spacial score (nSPS) is 11.2. The number of carbonyl (C=O) groups excluding carboxylic acids is 1. The lowest BCUT2D eigenvalue weighted by molar-refractivity contribution is -0.112. The second-order valence-corrected chi connectivity index (χ2v) is 9.24. The predicted molar refractivity (Wildman–Crippen MR) is 130 cm³/mol. The van der Waals surface area contributed by atoms with Gasteiger partial charge >= 0.3 is 0 Å². The number of thiazole rings is 1. The average molecular weight is 525 g/mol. The second-order valence-electron chi connectivity index (χ2n) is 6.77. The van der Waals surface area contributed by atoms with Gasteiger partial charge in [0.25, 0.3) is 5.91 Å². The number of amides is 1. The number of carbonyl (C=O) groups is 1. The Morgan fingerprint density at radius 1 is 1.16 bits per heavy atom. The van der Waals surface area contributed by atoms with Gasteiger partial charge in [-0.1, -0.05) is 39.7 Å². The summed E-state index contributed by atoms with van der Waals surface area (Å²) in [5.74, 6) is 0.473. The highest BCUT2D eigenvalue weighted by Gasteiger charge is 2.14. The average Bonchev–Trinajstić information content (AvgIpc) is 3.43. The molecule has 0 aliphatic rings. The van der Waals surface area contributed by atoms with Crippen molar-refractivity contribution in [3.8, 4) is 17.4 Å². The molecule has 0 saturated carbocycles. The fourth-order valence-electron chi connectivity index (χ4n) is 2.91. The molecular weight excluding hydrogens is 510 g/mol. The number of anilines is 1. The summed E-state index contributed by atoms with van der Waals surface area (Å²) in [5.41, 5.74) is 1.91. The fraction of sp³-hybridized carbons (Fsp3) is 0.0417. The summed E-state index contributed by atoms with van der Waals surface area (Å²) >= 11 is 10.7. The van der Waals surface area contributed by atoms with Gasteiger partial charge in [-0.2, -0.15) is 5.26 Å². The first-order chi connectivity index (χ1) is 15.5. The van der Waals surface area contributed by atoms with E-state index < -0.39 is 5.91 Å². The Balaban J connectivity index is 1.44. The van der Waals surface area contributed by atoms with Crippen molar-refractivity contribution in [1.82, 2.24) is 4.98 Å². The number of furan rings is 1. The Bertz CT molecular complexity index is 1320. The van der Waals surface area contributed by atoms with Gasteiger partial charge in [0.2, 0.25) is 0 Å². The number of nitrogens with one attached hydrogen (secondary N) is 1. The zero-order valence-corrected chi connectivity index (χ0v) is 19.7. The molecule has 5 nitrogen and oxygen atoms in total. The highest BCUT2D eigenvalue weighted by molar-refractivity contribution is 9.10. The quantitative estimate of drug-likeness (QED) is 0.218. The van der Waals surface area contributed by atoms with Crippen LogP contribution < -0.4 is 5.32 Å². The van der Waals surface area contributed by atoms with Gasteiger partial charge in [0.1, 0.15) is 23.2 Å². The third-order valence-electron chi connectivity index (χ3n) is 4.47. The summed E-state index contributed by atoms with van der Waals surface area (Å²) in [6.45, 7) is 0. The maximum atomic E-state index is 12.6. The van der Waals surface area contributed by atoms with Crippen molar-refractivity contribution in [3.05, 3.63) is 98.1 Å². The molecule has 0 radical (unpaired) electrons. The molecule has 1 amide bonds. The minimum atomic E-state index is -0.540. The summed E-state index contributed by atoms with van der Waals surface area (Å²) < 4.78 is 6.77. The van der Waals surface area contributed by atoms with Crippen LogP contribution in [0.4, 0.5) is 5.13 Å². The number of rotatable bonds is 6. The Morgan fingerprint density at radius 3 is 2.62 bits per heavy atom. The molecule has 4 rings (SSSR count). The molecule has 8 heteroatoms. The first-order valence-corrected chi connectivity index (χ1v) is 11.5. The summed E-state index contributed by atoms with van der Waals surface area (Å²) in [5, 5.41) is 13.2. The van der Waals surface area contributed by atoms with Crippen LogP contribution in [0.1, 0.15) is 16.2 Å². The predicted octanol–water partition coefficient (Wildman–Crippen LogP) is 6.96. The van der Waals surface area contributed by atoms with Crippen molar-refractivity contribution in [2.24, 2.45) is 0 Å². The maximum Gasteiger partial charge on any atom is 0.268 e. The van der Waals surface area contributed by atoms with Crippen LogP contribution in [0, 0.1) is 11.3 Å². The van der Waals surface area contributed by atoms with E-state index in [4.69, 9.17) is 16.0 Å². The number of hydrogen-bond donors (Lipinski definition) is 1. The van der Waals surface area contributed by atoms with E-state index in [0.717, 1.165) is 20.5 Å². The lowest BCUT2D eigenvalue weighted by Crippen LogP contribution is -2.13. The second kappa shape index (κ2) is 9.96. The molecule has 4 aromatic rings. The Hall–Kier alpha value is -3.18. The Morgan fingerprint density at radius 2 is 1.91 bits per heavy atom. The van der Waals surface area contributed by atoms with Gasteiger partial charge in [-0.05, 0) is 54.1 Å². The molecule has 0 fully saturated rings. The molecule has 2 heterocycles. The molecular formula is C24H15BrClN3O2S. The molecule has 0 saturated heterocycles. The summed E-state index contributed by atoms with van der Waals surface area (Å²) in [6.07, 6.45) is 3.84. The van der Waals surface area contributed by atoms with E-state index >= 15 is 0 Å². The largest absolute Gasteiger partial charge is 0.457 e. The lowest BCUT2D eigenvalue weighted by Gasteiger charge is -2.00. The van der Waals surface area contributed by atoms with E-state index in [1.807, 2.05) is 42.5 Å². The number of halogens is 2. The molecule has 0 aliphatic carbocycles. The van der Waals surface area contributed by atoms with Crippen molar-refractivity contribution in [1.29, 1.82) is 5.26 Å². The molecule has 0 unspecified atom stereocenters. The van der Waals surface area contributed by atoms with Crippen molar-refractivity contribution >= 4 is 56.0 Å². The van der Waals surface area contributed by atoms with E-state index in [-0.39, 0.29) is 5.57 Å². The topological polar surface area (TPSA) is 78.9 Å². The molecule has 1 N–H and O–H groups in total. The van der Waals surface area contributed by atoms with Crippen molar-refractivity contribution < 1.29 is 9.21 Å². The van der Waals surface area contributed by atoms with E-state index in [1.165, 1.54) is 17.4 Å². The minimum absolute atomic E-state index is 0.0772. The zero-order chi connectivity index (χ0) is 22.5. The first kappa shape index (κ1) is 22.0. The van der Waals surface area contributed by atoms with Gasteiger partial charge in [-0.3, -0.25) is 10.1 Å². The van der Waals surface area contributed by atoms with Gasteiger partial charge < -0.3 is 4.42 Å². The highest BCUT2D eigenvalue weighted by atomic mass is 79.9. The highest BCUT2D eigenvalue weighted by Crippen LogP contribution is 2.26. The van der Waals surface area contributed by atoms with Crippen LogP contribution in [0.5, 0.6) is 0 Å². The van der Waals surface area contributed by atoms with Crippen LogP contribution in [0.3, 0.4) is 0 Å². The van der Waals surface area contributed by atoms with Crippen molar-refractivity contribution in [2.75, 3.05) is 5.32 Å². The number of nitriles is 1. The number of hydrogen-bond acceptors (Lipinski definition) is 5. The van der Waals surface area contributed by atoms with Crippen LogP contribution in [-0.2, 0) is 11.2 Å². The molecule has 2 aromatic heterocycles. The van der Waals surface area contributed by atoms with Gasteiger partial charge in [0.15, 0.2) is 5.13 Å². The van der Waals surface area contributed by atoms with Gasteiger partial charge in [0, 0.05) is 38.6 Å². The molecule has 158 valence electrons. The van der Waals surface area contributed by atoms with E-state index in [2.05, 4.69) is 26.2 Å². The Kier molecular flexibility index (Phi) is 6.86. The monoisotopic (exact) mass is 523 g/mol.